The highest BCUT2D eigenvalue weighted by Crippen LogP contribution is 2.36. The molecule has 1 aliphatic rings. The lowest BCUT2D eigenvalue weighted by atomic mass is 10.2. The van der Waals surface area contributed by atoms with Crippen molar-refractivity contribution >= 4 is 27.3 Å². The third-order valence-electron chi connectivity index (χ3n) is 2.77. The number of halogens is 1. The maximum Gasteiger partial charge on any atom is 0.0776 e. The fraction of sp³-hybridized carbons (Fsp3) is 0.545. The van der Waals surface area contributed by atoms with Gasteiger partial charge in [-0.05, 0) is 41.6 Å². The molecule has 4 heteroatoms. The van der Waals surface area contributed by atoms with Crippen molar-refractivity contribution in [3.05, 3.63) is 16.9 Å². The van der Waals surface area contributed by atoms with Crippen LogP contribution in [0.4, 0.5) is 11.4 Å². The summed E-state index contributed by atoms with van der Waals surface area (Å²) in [5.74, 6) is 0.865. The van der Waals surface area contributed by atoms with E-state index >= 15 is 0 Å². The maximum absolute atomic E-state index is 5.96. The van der Waals surface area contributed by atoms with Gasteiger partial charge in [0.05, 0.1) is 22.0 Å². The van der Waals surface area contributed by atoms with E-state index in [2.05, 4.69) is 32.7 Å². The van der Waals surface area contributed by atoms with Gasteiger partial charge >= 0.3 is 0 Å². The summed E-state index contributed by atoms with van der Waals surface area (Å²) in [5.41, 5.74) is 7.81. The van der Waals surface area contributed by atoms with Gasteiger partial charge in [-0.25, -0.2) is 0 Å². The van der Waals surface area contributed by atoms with E-state index in [0.29, 0.717) is 0 Å². The summed E-state index contributed by atoms with van der Waals surface area (Å²) < 4.78 is 0.991. The van der Waals surface area contributed by atoms with Gasteiger partial charge in [0, 0.05) is 19.3 Å². The van der Waals surface area contributed by atoms with Crippen molar-refractivity contribution in [3.8, 4) is 0 Å². The topological polar surface area (TPSA) is 42.1 Å². The summed E-state index contributed by atoms with van der Waals surface area (Å²) in [5, 5.41) is 0. The lowest BCUT2D eigenvalue weighted by Crippen LogP contribution is -2.26. The van der Waals surface area contributed by atoms with Crippen LogP contribution in [0.3, 0.4) is 0 Å². The smallest absolute Gasteiger partial charge is 0.0776 e. The zero-order valence-electron chi connectivity index (χ0n) is 8.91. The molecule has 0 radical (unpaired) electrons. The van der Waals surface area contributed by atoms with E-state index in [4.69, 9.17) is 5.73 Å². The van der Waals surface area contributed by atoms with Gasteiger partial charge in [0.25, 0.3) is 0 Å². The van der Waals surface area contributed by atoms with Crippen molar-refractivity contribution in [3.63, 3.8) is 0 Å². The third kappa shape index (κ3) is 2.43. The second kappa shape index (κ2) is 4.39. The molecule has 3 nitrogen and oxygen atoms in total. The normalized spacial score (nSPS) is 15.3. The fourth-order valence-electron chi connectivity index (χ4n) is 1.77. The van der Waals surface area contributed by atoms with Crippen molar-refractivity contribution in [2.45, 2.75) is 19.8 Å². The summed E-state index contributed by atoms with van der Waals surface area (Å²) in [6.07, 6.45) is 6.25. The second-order valence-electron chi connectivity index (χ2n) is 4.04. The molecule has 1 fully saturated rings. The molecule has 0 aromatic carbocycles. The number of nitrogens with zero attached hydrogens (tertiary/aromatic N) is 2. The molecule has 1 saturated carbocycles. The molecule has 2 N–H and O–H groups in total. The molecule has 1 aromatic rings. The van der Waals surface area contributed by atoms with Crippen LogP contribution in [0.1, 0.15) is 19.8 Å². The molecular formula is C11H16BrN3. The minimum atomic E-state index is 0.756. The predicted octanol–water partition coefficient (Wildman–Crippen LogP) is 2.66. The number of hydrogen-bond donors (Lipinski definition) is 1. The maximum atomic E-state index is 5.96. The summed E-state index contributed by atoms with van der Waals surface area (Å²) in [6, 6.07) is 0. The average molecular weight is 270 g/mol. The van der Waals surface area contributed by atoms with Crippen molar-refractivity contribution in [1.29, 1.82) is 0 Å². The Hall–Kier alpha value is -0.770. The summed E-state index contributed by atoms with van der Waals surface area (Å²) in [6.45, 7) is 4.27. The number of anilines is 2. The summed E-state index contributed by atoms with van der Waals surface area (Å²) in [7, 11) is 0. The zero-order valence-corrected chi connectivity index (χ0v) is 10.5. The van der Waals surface area contributed by atoms with Crippen LogP contribution in [0.5, 0.6) is 0 Å². The van der Waals surface area contributed by atoms with Crippen LogP contribution in [-0.2, 0) is 0 Å². The number of aromatic nitrogens is 1. The Morgan fingerprint density at radius 2 is 2.27 bits per heavy atom. The molecule has 2 rings (SSSR count). The Labute approximate surface area is 98.8 Å². The lowest BCUT2D eigenvalue weighted by molar-refractivity contribution is 0.741. The molecule has 0 atom stereocenters. The van der Waals surface area contributed by atoms with E-state index in [1.165, 1.54) is 12.8 Å². The quantitative estimate of drug-likeness (QED) is 0.914. The van der Waals surface area contributed by atoms with Crippen molar-refractivity contribution in [2.75, 3.05) is 23.7 Å². The van der Waals surface area contributed by atoms with E-state index in [1.54, 1.807) is 12.4 Å². The molecule has 1 aliphatic carbocycles. The fourth-order valence-corrected chi connectivity index (χ4v) is 2.37. The van der Waals surface area contributed by atoms with Crippen LogP contribution >= 0.6 is 15.9 Å². The predicted molar refractivity (Wildman–Crippen MR) is 67.0 cm³/mol. The van der Waals surface area contributed by atoms with Crippen LogP contribution < -0.4 is 10.6 Å². The molecule has 0 spiro atoms. The van der Waals surface area contributed by atoms with Crippen molar-refractivity contribution < 1.29 is 0 Å². The van der Waals surface area contributed by atoms with Gasteiger partial charge in [-0.3, -0.25) is 4.98 Å². The van der Waals surface area contributed by atoms with Crippen LogP contribution in [0.25, 0.3) is 0 Å². The van der Waals surface area contributed by atoms with E-state index in [-0.39, 0.29) is 0 Å². The molecular weight excluding hydrogens is 254 g/mol. The van der Waals surface area contributed by atoms with Gasteiger partial charge in [0.1, 0.15) is 0 Å². The highest BCUT2D eigenvalue weighted by molar-refractivity contribution is 9.10. The SMILES string of the molecule is CCN(CC1CC1)c1c(N)cncc1Br. The van der Waals surface area contributed by atoms with Crippen LogP contribution in [0.2, 0.25) is 0 Å². The standard InChI is InChI=1S/C11H16BrN3/c1-2-15(7-8-3-4-8)11-9(12)5-14-6-10(11)13/h5-6,8H,2-4,7,13H2,1H3. The highest BCUT2D eigenvalue weighted by Gasteiger charge is 2.25. The Bertz CT molecular complexity index is 329. The van der Waals surface area contributed by atoms with Crippen molar-refractivity contribution in [1.82, 2.24) is 4.98 Å². The Balaban J connectivity index is 2.23. The minimum absolute atomic E-state index is 0.756. The first-order valence-electron chi connectivity index (χ1n) is 5.36. The minimum Gasteiger partial charge on any atom is -0.396 e. The second-order valence-corrected chi connectivity index (χ2v) is 4.90. The molecule has 0 aliphatic heterocycles. The third-order valence-corrected chi connectivity index (χ3v) is 3.35. The molecule has 82 valence electrons. The number of hydrogen-bond acceptors (Lipinski definition) is 3. The average Bonchev–Trinajstić information content (AvgIpc) is 2.99. The first kappa shape index (κ1) is 10.7. The van der Waals surface area contributed by atoms with Crippen LogP contribution in [-0.4, -0.2) is 18.1 Å². The van der Waals surface area contributed by atoms with Gasteiger partial charge < -0.3 is 10.6 Å². The van der Waals surface area contributed by atoms with Crippen LogP contribution in [0.15, 0.2) is 16.9 Å². The van der Waals surface area contributed by atoms with E-state index in [1.807, 2.05) is 0 Å². The number of rotatable bonds is 4. The Morgan fingerprint density at radius 3 is 2.80 bits per heavy atom. The van der Waals surface area contributed by atoms with Gasteiger partial charge in [0.15, 0.2) is 0 Å². The number of nitrogens with two attached hydrogens (primary N) is 1. The van der Waals surface area contributed by atoms with E-state index < -0.39 is 0 Å². The lowest BCUT2D eigenvalue weighted by Gasteiger charge is -2.25. The molecule has 0 amide bonds. The van der Waals surface area contributed by atoms with Gasteiger partial charge in [-0.1, -0.05) is 0 Å². The Morgan fingerprint density at radius 1 is 1.53 bits per heavy atom. The first-order valence-corrected chi connectivity index (χ1v) is 6.15. The van der Waals surface area contributed by atoms with E-state index in [0.717, 1.165) is 34.9 Å². The number of nitrogen functional groups attached to an aromatic ring is 1. The van der Waals surface area contributed by atoms with E-state index in [9.17, 15) is 0 Å². The van der Waals surface area contributed by atoms with Gasteiger partial charge in [-0.15, -0.1) is 0 Å². The molecule has 1 aromatic heterocycles. The highest BCUT2D eigenvalue weighted by atomic mass is 79.9. The largest absolute Gasteiger partial charge is 0.396 e. The molecule has 15 heavy (non-hydrogen) atoms. The number of pyridine rings is 1. The molecule has 0 bridgehead atoms. The summed E-state index contributed by atoms with van der Waals surface area (Å²) in [4.78, 5) is 6.39. The molecule has 1 heterocycles. The van der Waals surface area contributed by atoms with Crippen molar-refractivity contribution in [2.24, 2.45) is 5.92 Å². The first-order chi connectivity index (χ1) is 7.22. The zero-order chi connectivity index (χ0) is 10.8. The molecule has 0 saturated heterocycles. The van der Waals surface area contributed by atoms with Gasteiger partial charge in [0.2, 0.25) is 0 Å². The summed E-state index contributed by atoms with van der Waals surface area (Å²) >= 11 is 3.51. The van der Waals surface area contributed by atoms with Crippen LogP contribution in [0, 0.1) is 5.92 Å². The monoisotopic (exact) mass is 269 g/mol. The molecule has 0 unspecified atom stereocenters. The Kier molecular flexibility index (Phi) is 3.14. The van der Waals surface area contributed by atoms with Gasteiger partial charge in [-0.2, -0.15) is 0 Å².